The second-order valence-electron chi connectivity index (χ2n) is 5.28. The van der Waals surface area contributed by atoms with Gasteiger partial charge < -0.3 is 19.1 Å². The van der Waals surface area contributed by atoms with E-state index in [0.29, 0.717) is 17.3 Å². The normalized spacial score (nSPS) is 10.5. The Balaban J connectivity index is 1.96. The maximum atomic E-state index is 12.4. The lowest BCUT2D eigenvalue weighted by molar-refractivity contribution is -0.0512. The third-order valence-electron chi connectivity index (χ3n) is 3.46. The van der Waals surface area contributed by atoms with E-state index in [1.807, 2.05) is 0 Å². The summed E-state index contributed by atoms with van der Waals surface area (Å²) in [5.41, 5.74) is 0.286. The first-order valence-corrected chi connectivity index (χ1v) is 8.05. The van der Waals surface area contributed by atoms with Crippen LogP contribution in [0.5, 0.6) is 17.2 Å². The molecule has 5 nitrogen and oxygen atoms in total. The molecule has 0 saturated heterocycles. The fourth-order valence-electron chi connectivity index (χ4n) is 2.17. The molecule has 26 heavy (non-hydrogen) atoms. The van der Waals surface area contributed by atoms with Crippen LogP contribution in [-0.2, 0) is 0 Å². The van der Waals surface area contributed by atoms with Gasteiger partial charge in [0, 0.05) is 17.6 Å². The molecule has 0 aliphatic rings. The van der Waals surface area contributed by atoms with Crippen LogP contribution in [0.1, 0.15) is 10.4 Å². The van der Waals surface area contributed by atoms with E-state index in [4.69, 9.17) is 21.1 Å². The number of amides is 1. The van der Waals surface area contributed by atoms with E-state index < -0.39 is 6.61 Å². The molecule has 0 heterocycles. The number of methoxy groups -OCH3 is 1. The molecule has 1 amide bonds. The summed E-state index contributed by atoms with van der Waals surface area (Å²) in [6, 6.07) is 11.0. The molecule has 0 aliphatic carbocycles. The van der Waals surface area contributed by atoms with Crippen molar-refractivity contribution < 1.29 is 27.8 Å². The maximum Gasteiger partial charge on any atom is 0.387 e. The minimum Gasteiger partial charge on any atom is -0.493 e. The van der Waals surface area contributed by atoms with Crippen molar-refractivity contribution in [2.75, 3.05) is 27.3 Å². The Morgan fingerprint density at radius 3 is 2.62 bits per heavy atom. The molecule has 0 fully saturated rings. The number of nitrogens with zero attached hydrogens (tertiary/aromatic N) is 1. The highest BCUT2D eigenvalue weighted by Gasteiger charge is 2.16. The van der Waals surface area contributed by atoms with Crippen molar-refractivity contribution in [3.63, 3.8) is 0 Å². The molecule has 0 unspecified atom stereocenters. The fourth-order valence-corrected chi connectivity index (χ4v) is 2.35. The average Bonchev–Trinajstić information content (AvgIpc) is 2.61. The van der Waals surface area contributed by atoms with Crippen LogP contribution in [-0.4, -0.2) is 44.7 Å². The second kappa shape index (κ2) is 9.24. The van der Waals surface area contributed by atoms with E-state index in [2.05, 4.69) is 4.74 Å². The summed E-state index contributed by atoms with van der Waals surface area (Å²) in [4.78, 5) is 13.9. The van der Waals surface area contributed by atoms with Gasteiger partial charge in [-0.25, -0.2) is 0 Å². The summed E-state index contributed by atoms with van der Waals surface area (Å²) in [7, 11) is 2.92. The Morgan fingerprint density at radius 2 is 1.96 bits per heavy atom. The SMILES string of the molecule is COc1cc(C(=O)N(C)CCOc2cccc(Cl)c2)ccc1OC(F)F. The van der Waals surface area contributed by atoms with Gasteiger partial charge in [-0.15, -0.1) is 0 Å². The summed E-state index contributed by atoms with van der Waals surface area (Å²) in [6.07, 6.45) is 0. The number of likely N-dealkylation sites (N-methyl/N-ethyl adjacent to an activating group) is 1. The number of hydrogen-bond donors (Lipinski definition) is 0. The molecule has 2 aromatic carbocycles. The van der Waals surface area contributed by atoms with E-state index >= 15 is 0 Å². The number of rotatable bonds is 8. The van der Waals surface area contributed by atoms with Gasteiger partial charge in [0.25, 0.3) is 5.91 Å². The minimum absolute atomic E-state index is 0.0553. The Morgan fingerprint density at radius 1 is 1.19 bits per heavy atom. The van der Waals surface area contributed by atoms with Crippen LogP contribution in [0.25, 0.3) is 0 Å². The zero-order valence-electron chi connectivity index (χ0n) is 14.2. The second-order valence-corrected chi connectivity index (χ2v) is 5.71. The molecule has 2 rings (SSSR count). The highest BCUT2D eigenvalue weighted by molar-refractivity contribution is 6.30. The lowest BCUT2D eigenvalue weighted by Gasteiger charge is -2.18. The molecule has 0 spiro atoms. The van der Waals surface area contributed by atoms with Gasteiger partial charge in [-0.1, -0.05) is 17.7 Å². The zero-order valence-corrected chi connectivity index (χ0v) is 15.0. The van der Waals surface area contributed by atoms with Crippen LogP contribution in [0.2, 0.25) is 5.02 Å². The summed E-state index contributed by atoms with van der Waals surface area (Å²) >= 11 is 5.88. The van der Waals surface area contributed by atoms with Gasteiger partial charge in [0.05, 0.1) is 13.7 Å². The van der Waals surface area contributed by atoms with Gasteiger partial charge in [-0.2, -0.15) is 8.78 Å². The van der Waals surface area contributed by atoms with Gasteiger partial charge >= 0.3 is 6.61 Å². The van der Waals surface area contributed by atoms with Gasteiger partial charge in [0.15, 0.2) is 11.5 Å². The quantitative estimate of drug-likeness (QED) is 0.686. The summed E-state index contributed by atoms with van der Waals surface area (Å²) in [5, 5.41) is 0.560. The molecular weight excluding hydrogens is 368 g/mol. The van der Waals surface area contributed by atoms with Crippen LogP contribution in [0.3, 0.4) is 0 Å². The Kier molecular flexibility index (Phi) is 7.03. The highest BCUT2D eigenvalue weighted by atomic mass is 35.5. The number of hydrogen-bond acceptors (Lipinski definition) is 4. The van der Waals surface area contributed by atoms with Crippen molar-refractivity contribution >= 4 is 17.5 Å². The molecule has 8 heteroatoms. The maximum absolute atomic E-state index is 12.4. The average molecular weight is 386 g/mol. The summed E-state index contributed by atoms with van der Waals surface area (Å²) in [5.74, 6) is 0.223. The first-order chi connectivity index (χ1) is 12.4. The van der Waals surface area contributed by atoms with E-state index in [1.165, 1.54) is 30.2 Å². The van der Waals surface area contributed by atoms with Crippen molar-refractivity contribution in [1.82, 2.24) is 4.90 Å². The number of ether oxygens (including phenoxy) is 3. The van der Waals surface area contributed by atoms with Gasteiger partial charge in [0.1, 0.15) is 12.4 Å². The first-order valence-electron chi connectivity index (χ1n) is 7.67. The predicted octanol–water partition coefficient (Wildman–Crippen LogP) is 4.10. The van der Waals surface area contributed by atoms with E-state index in [0.717, 1.165) is 0 Å². The summed E-state index contributed by atoms with van der Waals surface area (Å²) < 4.78 is 39.6. The first kappa shape index (κ1) is 19.8. The number of carbonyl (C=O) groups excluding carboxylic acids is 1. The summed E-state index contributed by atoms with van der Waals surface area (Å²) in [6.45, 7) is -2.38. The predicted molar refractivity (Wildman–Crippen MR) is 93.5 cm³/mol. The zero-order chi connectivity index (χ0) is 19.1. The molecule has 0 bridgehead atoms. The van der Waals surface area contributed by atoms with Crippen LogP contribution < -0.4 is 14.2 Å². The largest absolute Gasteiger partial charge is 0.493 e. The van der Waals surface area contributed by atoms with Crippen LogP contribution in [0.15, 0.2) is 42.5 Å². The van der Waals surface area contributed by atoms with Crippen molar-refractivity contribution in [3.05, 3.63) is 53.1 Å². The Labute approximate surface area is 155 Å². The number of benzene rings is 2. The molecule has 0 atom stereocenters. The van der Waals surface area contributed by atoms with Crippen LogP contribution in [0.4, 0.5) is 8.78 Å². The van der Waals surface area contributed by atoms with Crippen molar-refractivity contribution in [2.24, 2.45) is 0 Å². The molecule has 2 aromatic rings. The molecule has 0 aromatic heterocycles. The topological polar surface area (TPSA) is 48.0 Å². The van der Waals surface area contributed by atoms with Crippen molar-refractivity contribution in [1.29, 1.82) is 0 Å². The number of carbonyl (C=O) groups is 1. The molecule has 0 radical (unpaired) electrons. The van der Waals surface area contributed by atoms with Gasteiger partial charge in [-0.05, 0) is 36.4 Å². The number of halogens is 3. The molecule has 0 N–H and O–H groups in total. The molecular formula is C18H18ClF2NO4. The monoisotopic (exact) mass is 385 g/mol. The van der Waals surface area contributed by atoms with Crippen molar-refractivity contribution in [2.45, 2.75) is 6.61 Å². The van der Waals surface area contributed by atoms with Crippen LogP contribution in [0, 0.1) is 0 Å². The lowest BCUT2D eigenvalue weighted by atomic mass is 10.1. The van der Waals surface area contributed by atoms with E-state index in [9.17, 15) is 13.6 Å². The smallest absolute Gasteiger partial charge is 0.387 e. The van der Waals surface area contributed by atoms with E-state index in [-0.39, 0.29) is 29.6 Å². The van der Waals surface area contributed by atoms with Gasteiger partial charge in [0.2, 0.25) is 0 Å². The highest BCUT2D eigenvalue weighted by Crippen LogP contribution is 2.29. The van der Waals surface area contributed by atoms with E-state index in [1.54, 1.807) is 31.3 Å². The lowest BCUT2D eigenvalue weighted by Crippen LogP contribution is -2.30. The van der Waals surface area contributed by atoms with Gasteiger partial charge in [-0.3, -0.25) is 4.79 Å². The minimum atomic E-state index is -2.98. The molecule has 0 aliphatic heterocycles. The van der Waals surface area contributed by atoms with Crippen molar-refractivity contribution in [3.8, 4) is 17.2 Å². The van der Waals surface area contributed by atoms with Crippen LogP contribution >= 0.6 is 11.6 Å². The third-order valence-corrected chi connectivity index (χ3v) is 3.70. The third kappa shape index (κ3) is 5.49. The fraction of sp³-hybridized carbons (Fsp3) is 0.278. The Bertz CT molecular complexity index is 758. The number of alkyl halides is 2. The standard InChI is InChI=1S/C18H18ClF2NO4/c1-22(8-9-25-14-5-3-4-13(19)11-14)17(23)12-6-7-15(26-18(20)21)16(10-12)24-2/h3-7,10-11,18H,8-9H2,1-2H3. The molecule has 0 saturated carbocycles. The Hall–Kier alpha value is -2.54. The molecule has 140 valence electrons.